The summed E-state index contributed by atoms with van der Waals surface area (Å²) in [5, 5.41) is 2.15. The van der Waals surface area contributed by atoms with Gasteiger partial charge in [0.1, 0.15) is 18.2 Å². The molecule has 0 N–H and O–H groups in total. The molecule has 0 atom stereocenters. The van der Waals surface area contributed by atoms with Crippen molar-refractivity contribution in [3.8, 4) is 22.4 Å². The topological polar surface area (TPSA) is 17.0 Å². The molecule has 0 radical (unpaired) electrons. The van der Waals surface area contributed by atoms with Gasteiger partial charge in [-0.1, -0.05) is 66.7 Å². The highest BCUT2D eigenvalue weighted by Gasteiger charge is 2.60. The number of aryl methyl sites for hydroxylation is 3. The van der Waals surface area contributed by atoms with Gasteiger partial charge >= 0.3 is 0 Å². The second kappa shape index (κ2) is 7.52. The van der Waals surface area contributed by atoms with Gasteiger partial charge in [0.05, 0.1) is 5.56 Å². The van der Waals surface area contributed by atoms with Gasteiger partial charge in [0.25, 0.3) is 0 Å². The van der Waals surface area contributed by atoms with Crippen LogP contribution in [0.3, 0.4) is 0 Å². The molecular formula is C38H32NO+. The average Bonchev–Trinajstić information content (AvgIpc) is 3.93. The molecule has 194 valence electrons. The maximum Gasteiger partial charge on any atom is 0.216 e. The Labute approximate surface area is 239 Å². The SMILES string of the molecule is [2H]C([2H])([2H])c1c[n+](C)c(-c2c(C)ccc3c2oc2ccccc23)cc1-c1ccc2c(c1)C1(CC1)c1ccccc1C21CC1. The van der Waals surface area contributed by atoms with Crippen molar-refractivity contribution in [2.45, 2.75) is 50.3 Å². The Balaban J connectivity index is 1.29. The molecular weight excluding hydrogens is 486 g/mol. The second-order valence-corrected chi connectivity index (χ2v) is 12.3. The number of furan rings is 1. The van der Waals surface area contributed by atoms with Gasteiger partial charge in [-0.3, -0.25) is 0 Å². The minimum Gasteiger partial charge on any atom is -0.455 e. The largest absolute Gasteiger partial charge is 0.455 e. The Morgan fingerprint density at radius 1 is 0.725 bits per heavy atom. The van der Waals surface area contributed by atoms with E-state index in [1.165, 1.54) is 35.1 Å². The van der Waals surface area contributed by atoms with Crippen LogP contribution in [-0.2, 0) is 17.9 Å². The van der Waals surface area contributed by atoms with Crippen LogP contribution < -0.4 is 4.57 Å². The summed E-state index contributed by atoms with van der Waals surface area (Å²) in [7, 11) is 1.94. The van der Waals surface area contributed by atoms with Crippen LogP contribution in [-0.4, -0.2) is 0 Å². The fourth-order valence-corrected chi connectivity index (χ4v) is 7.80. The van der Waals surface area contributed by atoms with Crippen molar-refractivity contribution in [3.05, 3.63) is 125 Å². The standard InChI is InChI=1S/C38H32NO/c1-23-12-14-27-26-8-4-7-11-34(26)40-36(27)35(23)33-21-28(24(2)22-39(33)3)25-13-15-31-32(20-25)38(18-19-38)30-10-6-5-9-29(30)37(31)16-17-37/h4-15,20-22H,16-19H2,1-3H3/q+1/i2D3. The van der Waals surface area contributed by atoms with Gasteiger partial charge in [-0.2, -0.15) is 0 Å². The molecule has 2 nitrogen and oxygen atoms in total. The number of rotatable bonds is 2. The number of aromatic nitrogens is 1. The van der Waals surface area contributed by atoms with Gasteiger partial charge in [0, 0.05) is 37.3 Å². The van der Waals surface area contributed by atoms with Crippen LogP contribution in [0.4, 0.5) is 0 Å². The van der Waals surface area contributed by atoms with Gasteiger partial charge < -0.3 is 4.42 Å². The summed E-state index contributed by atoms with van der Waals surface area (Å²) in [4.78, 5) is 0. The molecule has 9 rings (SSSR count). The van der Waals surface area contributed by atoms with E-state index in [-0.39, 0.29) is 10.8 Å². The lowest BCUT2D eigenvalue weighted by molar-refractivity contribution is -0.660. The molecule has 0 unspecified atom stereocenters. The average molecular weight is 522 g/mol. The third-order valence-electron chi connectivity index (χ3n) is 10.1. The van der Waals surface area contributed by atoms with Gasteiger partial charge in [0.2, 0.25) is 5.69 Å². The highest BCUT2D eigenvalue weighted by atomic mass is 16.3. The van der Waals surface area contributed by atoms with E-state index in [1.807, 2.05) is 36.0 Å². The fourth-order valence-electron chi connectivity index (χ4n) is 7.80. The first kappa shape index (κ1) is 19.8. The predicted octanol–water partition coefficient (Wildman–Crippen LogP) is 8.83. The van der Waals surface area contributed by atoms with Crippen LogP contribution in [0.2, 0.25) is 0 Å². The zero-order valence-corrected chi connectivity index (χ0v) is 22.8. The number of nitrogens with zero attached hydrogens (tertiary/aromatic N) is 1. The van der Waals surface area contributed by atoms with Crippen LogP contribution in [0.5, 0.6) is 0 Å². The molecule has 3 aliphatic rings. The van der Waals surface area contributed by atoms with E-state index in [1.54, 1.807) is 0 Å². The monoisotopic (exact) mass is 521 g/mol. The first-order valence-corrected chi connectivity index (χ1v) is 14.4. The number of pyridine rings is 1. The van der Waals surface area contributed by atoms with Gasteiger partial charge in [-0.15, -0.1) is 0 Å². The molecule has 0 saturated heterocycles. The molecule has 2 fully saturated rings. The Hall–Kier alpha value is -4.17. The Kier molecular flexibility index (Phi) is 3.72. The van der Waals surface area contributed by atoms with Crippen molar-refractivity contribution in [2.75, 3.05) is 0 Å². The molecule has 2 heteroatoms. The van der Waals surface area contributed by atoms with E-state index in [4.69, 9.17) is 8.53 Å². The third-order valence-corrected chi connectivity index (χ3v) is 10.1. The molecule has 2 aromatic heterocycles. The summed E-state index contributed by atoms with van der Waals surface area (Å²) in [6.45, 7) is -0.162. The van der Waals surface area contributed by atoms with E-state index in [0.717, 1.165) is 62.7 Å². The number of hydrogen-bond donors (Lipinski definition) is 0. The van der Waals surface area contributed by atoms with Crippen LogP contribution in [0.25, 0.3) is 44.3 Å². The fraction of sp³-hybridized carbons (Fsp3) is 0.237. The van der Waals surface area contributed by atoms with Crippen molar-refractivity contribution in [2.24, 2.45) is 7.05 Å². The smallest absolute Gasteiger partial charge is 0.216 e. The number of fused-ring (bicyclic) bond motifs is 9. The van der Waals surface area contributed by atoms with Crippen LogP contribution in [0.15, 0.2) is 95.5 Å². The molecule has 40 heavy (non-hydrogen) atoms. The second-order valence-electron chi connectivity index (χ2n) is 12.3. The Morgan fingerprint density at radius 2 is 1.43 bits per heavy atom. The van der Waals surface area contributed by atoms with Crippen LogP contribution >= 0.6 is 0 Å². The summed E-state index contributed by atoms with van der Waals surface area (Å²) in [6, 6.07) is 30.3. The molecule has 4 aromatic carbocycles. The number of hydrogen-bond acceptors (Lipinski definition) is 1. The summed E-state index contributed by atoms with van der Waals surface area (Å²) in [5.41, 5.74) is 12.8. The summed E-state index contributed by atoms with van der Waals surface area (Å²) in [6.07, 6.45) is 6.45. The maximum absolute atomic E-state index is 8.53. The van der Waals surface area contributed by atoms with E-state index in [0.29, 0.717) is 5.56 Å². The molecule has 0 amide bonds. The first-order valence-electron chi connectivity index (χ1n) is 15.9. The zero-order valence-electron chi connectivity index (χ0n) is 25.8. The molecule has 0 aliphatic heterocycles. The van der Waals surface area contributed by atoms with Gasteiger partial charge in [0.15, 0.2) is 6.20 Å². The van der Waals surface area contributed by atoms with Crippen LogP contribution in [0.1, 0.15) is 63.2 Å². The molecule has 2 saturated carbocycles. The normalized spacial score (nSPS) is 18.8. The number of para-hydroxylation sites is 1. The van der Waals surface area contributed by atoms with Crippen molar-refractivity contribution in [1.82, 2.24) is 0 Å². The van der Waals surface area contributed by atoms with E-state index in [2.05, 4.69) is 73.7 Å². The molecule has 6 aromatic rings. The minimum atomic E-state index is -2.26. The molecule has 3 aliphatic carbocycles. The molecule has 2 spiro atoms. The van der Waals surface area contributed by atoms with E-state index >= 15 is 0 Å². The van der Waals surface area contributed by atoms with Crippen molar-refractivity contribution in [1.29, 1.82) is 0 Å². The highest BCUT2D eigenvalue weighted by molar-refractivity contribution is 6.09. The minimum absolute atomic E-state index is 0.0503. The summed E-state index contributed by atoms with van der Waals surface area (Å²) in [5.74, 6) is 0. The van der Waals surface area contributed by atoms with E-state index < -0.39 is 6.85 Å². The predicted molar refractivity (Wildman–Crippen MR) is 162 cm³/mol. The molecule has 0 bridgehead atoms. The third kappa shape index (κ3) is 2.81. The first-order chi connectivity index (χ1) is 20.7. The Bertz CT molecular complexity index is 2160. The van der Waals surface area contributed by atoms with Gasteiger partial charge in [-0.05, 0) is 90.5 Å². The lowest BCUT2D eigenvalue weighted by atomic mass is 9.68. The highest BCUT2D eigenvalue weighted by Crippen LogP contribution is 2.68. The lowest BCUT2D eigenvalue weighted by Gasteiger charge is -2.35. The van der Waals surface area contributed by atoms with Crippen LogP contribution in [0, 0.1) is 13.8 Å². The molecule has 2 heterocycles. The van der Waals surface area contributed by atoms with Crippen molar-refractivity contribution < 1.29 is 13.1 Å². The van der Waals surface area contributed by atoms with Crippen molar-refractivity contribution in [3.63, 3.8) is 0 Å². The Morgan fingerprint density at radius 3 is 2.17 bits per heavy atom. The zero-order chi connectivity index (χ0) is 29.3. The summed E-state index contributed by atoms with van der Waals surface area (Å²) >= 11 is 0. The maximum atomic E-state index is 8.53. The number of benzene rings is 4. The quantitative estimate of drug-likeness (QED) is 0.208. The van der Waals surface area contributed by atoms with E-state index in [9.17, 15) is 0 Å². The van der Waals surface area contributed by atoms with Crippen molar-refractivity contribution >= 4 is 21.9 Å². The summed E-state index contributed by atoms with van der Waals surface area (Å²) < 4.78 is 34.0. The van der Waals surface area contributed by atoms with Gasteiger partial charge in [-0.25, -0.2) is 4.57 Å². The lowest BCUT2D eigenvalue weighted by Crippen LogP contribution is -2.31.